The van der Waals surface area contributed by atoms with Gasteiger partial charge in [-0.3, -0.25) is 0 Å². The van der Waals surface area contributed by atoms with Gasteiger partial charge in [-0.05, 0) is 58.1 Å². The summed E-state index contributed by atoms with van der Waals surface area (Å²) < 4.78 is 17.5. The minimum atomic E-state index is -2.48. The molecule has 0 rings (SSSR count). The van der Waals surface area contributed by atoms with Crippen molar-refractivity contribution in [3.8, 4) is 0 Å². The van der Waals surface area contributed by atoms with Crippen LogP contribution in [0.4, 0.5) is 0 Å². The number of hydrogen-bond donors (Lipinski definition) is 1. The highest BCUT2D eigenvalue weighted by atomic mass is 28.4. The van der Waals surface area contributed by atoms with Crippen molar-refractivity contribution in [1.29, 1.82) is 0 Å². The van der Waals surface area contributed by atoms with Crippen LogP contribution in [-0.2, 0) is 13.3 Å². The van der Waals surface area contributed by atoms with E-state index in [1.807, 2.05) is 40.7 Å². The molecule has 0 aromatic heterocycles. The Morgan fingerprint density at radius 3 is 1.90 bits per heavy atom. The van der Waals surface area contributed by atoms with Crippen LogP contribution in [0.25, 0.3) is 0 Å². The summed E-state index contributed by atoms with van der Waals surface area (Å²) >= 11 is 0. The molecule has 0 aromatic rings. The molecule has 0 aliphatic heterocycles. The van der Waals surface area contributed by atoms with Crippen molar-refractivity contribution < 1.29 is 13.3 Å². The van der Waals surface area contributed by atoms with E-state index >= 15 is 0 Å². The zero-order valence-corrected chi connectivity index (χ0v) is 14.8. The van der Waals surface area contributed by atoms with E-state index < -0.39 is 8.80 Å². The minimum absolute atomic E-state index is 0. The fraction of sp³-hybridized carbons (Fsp3) is 0.733. The lowest BCUT2D eigenvalue weighted by Gasteiger charge is -2.28. The van der Waals surface area contributed by atoms with Crippen molar-refractivity contribution in [1.82, 2.24) is 5.32 Å². The first kappa shape index (κ1) is 22.9. The van der Waals surface area contributed by atoms with E-state index in [2.05, 4.69) is 11.9 Å². The summed E-state index contributed by atoms with van der Waals surface area (Å²) in [5.41, 5.74) is 2.19. The molecule has 0 saturated heterocycles. The van der Waals surface area contributed by atoms with E-state index in [0.29, 0.717) is 19.8 Å². The topological polar surface area (TPSA) is 39.7 Å². The van der Waals surface area contributed by atoms with Gasteiger partial charge in [-0.15, -0.1) is 0 Å². The Balaban J connectivity index is 0. The molecule has 0 bridgehead atoms. The van der Waals surface area contributed by atoms with Crippen molar-refractivity contribution in [2.24, 2.45) is 0 Å². The molecule has 0 aliphatic carbocycles. The van der Waals surface area contributed by atoms with Gasteiger partial charge < -0.3 is 18.6 Å². The van der Waals surface area contributed by atoms with Crippen LogP contribution in [-0.4, -0.2) is 46.1 Å². The smallest absolute Gasteiger partial charge is 0.389 e. The molecule has 126 valence electrons. The molecule has 0 atom stereocenters. The maximum Gasteiger partial charge on any atom is 0.500 e. The van der Waals surface area contributed by atoms with Gasteiger partial charge in [0.2, 0.25) is 0 Å². The third-order valence-electron chi connectivity index (χ3n) is 2.62. The Kier molecular flexibility index (Phi) is 14.5. The Labute approximate surface area is 136 Å². The molecule has 0 aromatic carbocycles. The zero-order chi connectivity index (χ0) is 15.4. The molecule has 0 heterocycles. The fourth-order valence-electron chi connectivity index (χ4n) is 2.01. The van der Waals surface area contributed by atoms with Gasteiger partial charge in [0.1, 0.15) is 0 Å². The van der Waals surface area contributed by atoms with Crippen LogP contribution in [0.2, 0.25) is 6.04 Å². The van der Waals surface area contributed by atoms with Crippen LogP contribution in [0.1, 0.15) is 41.0 Å². The third kappa shape index (κ3) is 10.9. The van der Waals surface area contributed by atoms with Crippen LogP contribution < -0.4 is 5.32 Å². The Bertz CT molecular complexity index is 292. The second-order valence-corrected chi connectivity index (χ2v) is 7.42. The largest absolute Gasteiger partial charge is 0.500 e. The fourth-order valence-corrected chi connectivity index (χ4v) is 4.62. The van der Waals surface area contributed by atoms with Crippen LogP contribution in [0.3, 0.4) is 0 Å². The Morgan fingerprint density at radius 2 is 1.52 bits per heavy atom. The van der Waals surface area contributed by atoms with E-state index in [1.54, 1.807) is 0 Å². The van der Waals surface area contributed by atoms with Gasteiger partial charge in [0.15, 0.2) is 0 Å². The van der Waals surface area contributed by atoms with Gasteiger partial charge >= 0.3 is 8.80 Å². The highest BCUT2D eigenvalue weighted by Crippen LogP contribution is 2.17. The van der Waals surface area contributed by atoms with Gasteiger partial charge in [0.25, 0.3) is 0 Å². The van der Waals surface area contributed by atoms with E-state index in [-0.39, 0.29) is 11.0 Å². The molecular weight excluding hydrogens is 298 g/mol. The molecular formula is C15H35NO3Si2. The number of nitrogens with one attached hydrogen (secondary N) is 1. The highest BCUT2D eigenvalue weighted by molar-refractivity contribution is 6.60. The van der Waals surface area contributed by atoms with E-state index in [4.69, 9.17) is 13.3 Å². The van der Waals surface area contributed by atoms with Gasteiger partial charge in [-0.25, -0.2) is 0 Å². The van der Waals surface area contributed by atoms with Crippen molar-refractivity contribution in [2.75, 3.05) is 26.4 Å². The summed E-state index contributed by atoms with van der Waals surface area (Å²) in [5, 5.41) is 3.37. The second-order valence-electron chi connectivity index (χ2n) is 4.69. The molecule has 0 aliphatic rings. The molecule has 1 N–H and O–H groups in total. The van der Waals surface area contributed by atoms with Crippen molar-refractivity contribution >= 4 is 19.8 Å². The van der Waals surface area contributed by atoms with Gasteiger partial charge in [0.05, 0.1) is 0 Å². The van der Waals surface area contributed by atoms with Crippen LogP contribution in [0.5, 0.6) is 0 Å². The molecule has 21 heavy (non-hydrogen) atoms. The molecule has 0 saturated carbocycles. The maximum absolute atomic E-state index is 5.82. The van der Waals surface area contributed by atoms with E-state index in [9.17, 15) is 0 Å². The number of hydrogen-bond acceptors (Lipinski definition) is 4. The number of allylic oxidation sites excluding steroid dienone is 3. The average molecular weight is 334 g/mol. The van der Waals surface area contributed by atoms with Crippen LogP contribution >= 0.6 is 0 Å². The van der Waals surface area contributed by atoms with Gasteiger partial charge in [-0.1, -0.05) is 12.2 Å². The maximum atomic E-state index is 5.82. The number of rotatable bonds is 12. The van der Waals surface area contributed by atoms with Gasteiger partial charge in [0, 0.05) is 38.1 Å². The summed E-state index contributed by atoms with van der Waals surface area (Å²) in [6.45, 7) is 16.6. The van der Waals surface area contributed by atoms with Crippen LogP contribution in [0, 0.1) is 0 Å². The molecule has 4 nitrogen and oxygen atoms in total. The summed E-state index contributed by atoms with van der Waals surface area (Å²) in [4.78, 5) is 0. The van der Waals surface area contributed by atoms with Crippen LogP contribution in [0.15, 0.2) is 23.9 Å². The first-order chi connectivity index (χ1) is 9.49. The lowest BCUT2D eigenvalue weighted by Crippen LogP contribution is -2.46. The van der Waals surface area contributed by atoms with Crippen molar-refractivity contribution in [3.05, 3.63) is 23.9 Å². The van der Waals surface area contributed by atoms with Crippen molar-refractivity contribution in [3.63, 3.8) is 0 Å². The molecule has 0 spiro atoms. The van der Waals surface area contributed by atoms with Crippen molar-refractivity contribution in [2.45, 2.75) is 47.1 Å². The highest BCUT2D eigenvalue weighted by Gasteiger charge is 2.39. The quantitative estimate of drug-likeness (QED) is 0.337. The lowest BCUT2D eigenvalue weighted by molar-refractivity contribution is 0.0709. The Morgan fingerprint density at radius 1 is 1.05 bits per heavy atom. The monoisotopic (exact) mass is 333 g/mol. The predicted molar refractivity (Wildman–Crippen MR) is 98.0 cm³/mol. The molecule has 0 radical (unpaired) electrons. The Hall–Kier alpha value is -0.406. The second kappa shape index (κ2) is 13.3. The summed E-state index contributed by atoms with van der Waals surface area (Å²) in [6.07, 6.45) is 3.01. The van der Waals surface area contributed by atoms with E-state index in [0.717, 1.165) is 30.3 Å². The zero-order valence-electron chi connectivity index (χ0n) is 13.8. The first-order valence-electron chi connectivity index (χ1n) is 7.49. The van der Waals surface area contributed by atoms with E-state index in [1.165, 1.54) is 0 Å². The standard InChI is InChI=1S/C15H31NO3Si.H4Si/c1-7-17-20(18-8-2,19-9-3)12-10-11-16-15(6)13-14(4)5;/h13,16H,4,7-12H2,1-3,5-6H3;1H4. The summed E-state index contributed by atoms with van der Waals surface area (Å²) in [6, 6.07) is 0.843. The predicted octanol–water partition coefficient (Wildman–Crippen LogP) is 2.04. The normalized spacial score (nSPS) is 12.0. The summed E-state index contributed by atoms with van der Waals surface area (Å²) in [7, 11) is -2.48. The molecule has 0 fully saturated rings. The molecule has 0 amide bonds. The minimum Gasteiger partial charge on any atom is -0.389 e. The first-order valence-corrected chi connectivity index (χ1v) is 9.42. The molecule has 0 unspecified atom stereocenters. The van der Waals surface area contributed by atoms with Gasteiger partial charge in [-0.2, -0.15) is 0 Å². The molecule has 6 heteroatoms. The SMILES string of the molecule is C=C(C)C=C(C)NCCC[Si](OCC)(OCC)OCC.[SiH4]. The average Bonchev–Trinajstić information content (AvgIpc) is 2.35. The lowest BCUT2D eigenvalue weighted by atomic mass is 10.3. The third-order valence-corrected chi connectivity index (χ3v) is 5.77. The summed E-state index contributed by atoms with van der Waals surface area (Å²) in [5.74, 6) is 0.